The Morgan fingerprint density at radius 2 is 1.80 bits per heavy atom. The van der Waals surface area contributed by atoms with E-state index in [0.717, 1.165) is 25.7 Å². The highest BCUT2D eigenvalue weighted by Crippen LogP contribution is 2.01. The average Bonchev–Trinajstić information content (AvgIpc) is 2.43. The number of ether oxygens (including phenoxy) is 1. The molecule has 0 radical (unpaired) electrons. The van der Waals surface area contributed by atoms with Gasteiger partial charge in [0, 0.05) is 6.92 Å². The van der Waals surface area contributed by atoms with Crippen molar-refractivity contribution in [2.45, 2.75) is 39.5 Å². The molecule has 0 aliphatic heterocycles. The van der Waals surface area contributed by atoms with Crippen molar-refractivity contribution in [1.29, 1.82) is 0 Å². The normalized spacial score (nSPS) is 10.3. The number of unbranched alkanes of at least 4 members (excludes halogenated alkanes) is 3. The summed E-state index contributed by atoms with van der Waals surface area (Å²) in [5, 5.41) is 0. The zero-order chi connectivity index (χ0) is 14.9. The summed E-state index contributed by atoms with van der Waals surface area (Å²) >= 11 is 0. The Hall–Kier alpha value is -2.19. The molecule has 0 aliphatic rings. The van der Waals surface area contributed by atoms with E-state index in [4.69, 9.17) is 4.74 Å². The Morgan fingerprint density at radius 1 is 1.05 bits per heavy atom. The van der Waals surface area contributed by atoms with Crippen LogP contribution in [0.5, 0.6) is 0 Å². The lowest BCUT2D eigenvalue weighted by Crippen LogP contribution is -1.99. The minimum atomic E-state index is -0.202. The van der Waals surface area contributed by atoms with Crippen LogP contribution in [0.3, 0.4) is 0 Å². The highest BCUT2D eigenvalue weighted by Gasteiger charge is 1.91. The van der Waals surface area contributed by atoms with E-state index >= 15 is 0 Å². The van der Waals surface area contributed by atoms with E-state index in [-0.39, 0.29) is 5.97 Å². The lowest BCUT2D eigenvalue weighted by molar-refractivity contribution is -0.141. The second-order valence-corrected chi connectivity index (χ2v) is 4.02. The van der Waals surface area contributed by atoms with Crippen LogP contribution in [0.1, 0.15) is 39.5 Å². The van der Waals surface area contributed by atoms with E-state index in [1.54, 1.807) is 12.2 Å². The van der Waals surface area contributed by atoms with Crippen LogP contribution in [0.25, 0.3) is 0 Å². The average molecular weight is 270 g/mol. The maximum Gasteiger partial charge on any atom is 0.302 e. The Kier molecular flexibility index (Phi) is 13.2. The molecule has 0 aromatic carbocycles. The largest absolute Gasteiger partial charge is 0.466 e. The SMILES string of the molecule is C/C=C/C#CC#C/C=C/C=C/CCCCCOC(C)=O. The van der Waals surface area contributed by atoms with Crippen molar-refractivity contribution in [3.63, 3.8) is 0 Å². The Labute approximate surface area is 122 Å². The first-order chi connectivity index (χ1) is 9.77. The van der Waals surface area contributed by atoms with Crippen LogP contribution in [0.15, 0.2) is 36.5 Å². The monoisotopic (exact) mass is 270 g/mol. The van der Waals surface area contributed by atoms with Gasteiger partial charge in [-0.3, -0.25) is 4.79 Å². The minimum absolute atomic E-state index is 0.202. The van der Waals surface area contributed by atoms with Gasteiger partial charge in [0.05, 0.1) is 6.61 Å². The standard InChI is InChI=1S/C18H22O2/c1-3-4-5-6-7-8-9-10-11-12-13-14-15-16-17-20-18(2)19/h3-4,9-12H,13-17H2,1-2H3/b4-3+,10-9+,12-11+. The lowest BCUT2D eigenvalue weighted by Gasteiger charge is -1.99. The number of carbonyl (C=O) groups excluding carboxylic acids is 1. The van der Waals surface area contributed by atoms with Crippen molar-refractivity contribution < 1.29 is 9.53 Å². The molecule has 106 valence electrons. The number of allylic oxidation sites excluding steroid dienone is 6. The van der Waals surface area contributed by atoms with Crippen LogP contribution in [-0.2, 0) is 9.53 Å². The van der Waals surface area contributed by atoms with Crippen LogP contribution in [0, 0.1) is 23.7 Å². The van der Waals surface area contributed by atoms with Crippen molar-refractivity contribution in [2.75, 3.05) is 6.61 Å². The maximum absolute atomic E-state index is 10.5. The topological polar surface area (TPSA) is 26.3 Å². The third-order valence-electron chi connectivity index (χ3n) is 2.20. The molecule has 0 heterocycles. The Bertz CT molecular complexity index is 459. The molecule has 0 spiro atoms. The van der Waals surface area contributed by atoms with Crippen LogP contribution in [0.2, 0.25) is 0 Å². The molecule has 0 rings (SSSR count). The molecule has 0 aromatic rings. The van der Waals surface area contributed by atoms with Crippen LogP contribution in [-0.4, -0.2) is 12.6 Å². The summed E-state index contributed by atoms with van der Waals surface area (Å²) in [6.07, 6.45) is 15.5. The highest BCUT2D eigenvalue weighted by molar-refractivity contribution is 5.65. The molecule has 0 fully saturated rings. The summed E-state index contributed by atoms with van der Waals surface area (Å²) in [7, 11) is 0. The summed E-state index contributed by atoms with van der Waals surface area (Å²) in [4.78, 5) is 10.5. The first kappa shape index (κ1) is 17.8. The van der Waals surface area contributed by atoms with Gasteiger partial charge in [-0.25, -0.2) is 0 Å². The van der Waals surface area contributed by atoms with Gasteiger partial charge >= 0.3 is 5.97 Å². The molecule has 0 N–H and O–H groups in total. The van der Waals surface area contributed by atoms with E-state index in [1.807, 2.05) is 25.2 Å². The number of hydrogen-bond acceptors (Lipinski definition) is 2. The lowest BCUT2D eigenvalue weighted by atomic mass is 10.2. The zero-order valence-electron chi connectivity index (χ0n) is 12.3. The number of hydrogen-bond donors (Lipinski definition) is 0. The molecule has 2 nitrogen and oxygen atoms in total. The smallest absolute Gasteiger partial charge is 0.302 e. The predicted molar refractivity (Wildman–Crippen MR) is 83.7 cm³/mol. The summed E-state index contributed by atoms with van der Waals surface area (Å²) in [5.74, 6) is 10.9. The van der Waals surface area contributed by atoms with Crippen LogP contribution >= 0.6 is 0 Å². The third-order valence-corrected chi connectivity index (χ3v) is 2.20. The molecule has 20 heavy (non-hydrogen) atoms. The van der Waals surface area contributed by atoms with Crippen LogP contribution < -0.4 is 0 Å². The molecule has 0 atom stereocenters. The molecule has 0 saturated carbocycles. The van der Waals surface area contributed by atoms with Crippen molar-refractivity contribution in [3.05, 3.63) is 36.5 Å². The van der Waals surface area contributed by atoms with E-state index < -0.39 is 0 Å². The van der Waals surface area contributed by atoms with Crippen molar-refractivity contribution in [1.82, 2.24) is 0 Å². The first-order valence-electron chi connectivity index (χ1n) is 6.84. The van der Waals surface area contributed by atoms with Crippen molar-refractivity contribution >= 4 is 5.97 Å². The predicted octanol–water partition coefficient (Wildman–Crippen LogP) is 3.81. The molecular formula is C18H22O2. The molecule has 0 unspecified atom stereocenters. The molecule has 0 saturated heterocycles. The fraction of sp³-hybridized carbons (Fsp3) is 0.389. The fourth-order valence-electron chi connectivity index (χ4n) is 1.27. The van der Waals surface area contributed by atoms with Gasteiger partial charge in [-0.15, -0.1) is 0 Å². The summed E-state index contributed by atoms with van der Waals surface area (Å²) in [5.41, 5.74) is 0. The van der Waals surface area contributed by atoms with Gasteiger partial charge in [-0.1, -0.05) is 36.1 Å². The number of esters is 1. The van der Waals surface area contributed by atoms with E-state index in [9.17, 15) is 4.79 Å². The van der Waals surface area contributed by atoms with Gasteiger partial charge in [0.25, 0.3) is 0 Å². The van der Waals surface area contributed by atoms with Crippen molar-refractivity contribution in [2.24, 2.45) is 0 Å². The van der Waals surface area contributed by atoms with E-state index in [0.29, 0.717) is 6.61 Å². The highest BCUT2D eigenvalue weighted by atomic mass is 16.5. The summed E-state index contributed by atoms with van der Waals surface area (Å²) in [6, 6.07) is 0. The van der Waals surface area contributed by atoms with Gasteiger partial charge < -0.3 is 4.74 Å². The molecule has 2 heteroatoms. The summed E-state index contributed by atoms with van der Waals surface area (Å²) < 4.78 is 4.85. The minimum Gasteiger partial charge on any atom is -0.466 e. The molecule has 0 aliphatic carbocycles. The quantitative estimate of drug-likeness (QED) is 0.304. The van der Waals surface area contributed by atoms with Gasteiger partial charge in [-0.2, -0.15) is 0 Å². The molecule has 0 aromatic heterocycles. The maximum atomic E-state index is 10.5. The number of carbonyl (C=O) groups is 1. The second-order valence-electron chi connectivity index (χ2n) is 4.02. The van der Waals surface area contributed by atoms with E-state index in [2.05, 4.69) is 29.8 Å². The summed E-state index contributed by atoms with van der Waals surface area (Å²) in [6.45, 7) is 3.88. The molecular weight excluding hydrogens is 248 g/mol. The first-order valence-corrected chi connectivity index (χ1v) is 6.84. The Balaban J connectivity index is 3.53. The van der Waals surface area contributed by atoms with Gasteiger partial charge in [0.1, 0.15) is 0 Å². The Morgan fingerprint density at radius 3 is 2.50 bits per heavy atom. The third kappa shape index (κ3) is 15.8. The molecule has 0 bridgehead atoms. The van der Waals surface area contributed by atoms with Gasteiger partial charge in [-0.05, 0) is 56.6 Å². The second kappa shape index (κ2) is 14.9. The molecule has 0 amide bonds. The number of rotatable bonds is 7. The van der Waals surface area contributed by atoms with Crippen LogP contribution in [0.4, 0.5) is 0 Å². The van der Waals surface area contributed by atoms with Gasteiger partial charge in [0.15, 0.2) is 0 Å². The van der Waals surface area contributed by atoms with E-state index in [1.165, 1.54) is 6.92 Å². The zero-order valence-corrected chi connectivity index (χ0v) is 12.3. The fourth-order valence-corrected chi connectivity index (χ4v) is 1.27. The van der Waals surface area contributed by atoms with Crippen molar-refractivity contribution in [3.8, 4) is 23.7 Å². The van der Waals surface area contributed by atoms with Gasteiger partial charge in [0.2, 0.25) is 0 Å².